The third-order valence-corrected chi connectivity index (χ3v) is 3.91. The van der Waals surface area contributed by atoms with Gasteiger partial charge in [-0.3, -0.25) is 4.79 Å². The number of aromatic carboxylic acids is 1. The molecule has 24 heavy (non-hydrogen) atoms. The highest BCUT2D eigenvalue weighted by Gasteiger charge is 2.11. The second kappa shape index (κ2) is 8.30. The molecule has 0 fully saturated rings. The lowest BCUT2D eigenvalue weighted by atomic mass is 10.2. The van der Waals surface area contributed by atoms with E-state index in [0.717, 1.165) is 11.8 Å². The van der Waals surface area contributed by atoms with Crippen molar-refractivity contribution in [2.24, 2.45) is 0 Å². The van der Waals surface area contributed by atoms with Crippen molar-refractivity contribution in [1.29, 1.82) is 0 Å². The topological polar surface area (TPSA) is 75.6 Å². The molecule has 0 unspecified atom stereocenters. The van der Waals surface area contributed by atoms with E-state index in [2.05, 4.69) is 10.1 Å². The molecule has 0 aliphatic heterocycles. The fourth-order valence-corrected chi connectivity index (χ4v) is 2.67. The summed E-state index contributed by atoms with van der Waals surface area (Å²) in [6.45, 7) is -2.91. The molecule has 126 valence electrons. The predicted octanol–water partition coefficient (Wildman–Crippen LogP) is 3.72. The highest BCUT2D eigenvalue weighted by molar-refractivity contribution is 8.00. The van der Waals surface area contributed by atoms with E-state index < -0.39 is 12.6 Å². The van der Waals surface area contributed by atoms with E-state index in [0.29, 0.717) is 10.6 Å². The van der Waals surface area contributed by atoms with Crippen LogP contribution in [-0.2, 0) is 4.79 Å². The first-order valence-corrected chi connectivity index (χ1v) is 7.74. The van der Waals surface area contributed by atoms with Crippen LogP contribution in [0.2, 0.25) is 0 Å². The highest BCUT2D eigenvalue weighted by atomic mass is 32.2. The number of hydrogen-bond acceptors (Lipinski definition) is 4. The molecule has 0 heterocycles. The lowest BCUT2D eigenvalue weighted by Crippen LogP contribution is -2.14. The van der Waals surface area contributed by atoms with E-state index in [1.165, 1.54) is 30.3 Å². The largest absolute Gasteiger partial charge is 0.478 e. The number of hydrogen-bond donors (Lipinski definition) is 2. The zero-order valence-corrected chi connectivity index (χ0v) is 13.1. The normalized spacial score (nSPS) is 10.5. The van der Waals surface area contributed by atoms with Crippen LogP contribution in [0.15, 0.2) is 53.4 Å². The lowest BCUT2D eigenvalue weighted by Gasteiger charge is -2.08. The molecule has 5 nitrogen and oxygen atoms in total. The second-order valence-electron chi connectivity index (χ2n) is 4.54. The molecule has 0 saturated heterocycles. The van der Waals surface area contributed by atoms with Crippen LogP contribution in [-0.4, -0.2) is 29.3 Å². The Morgan fingerprint density at radius 2 is 1.79 bits per heavy atom. The average molecular weight is 353 g/mol. The highest BCUT2D eigenvalue weighted by Crippen LogP contribution is 2.23. The van der Waals surface area contributed by atoms with Crippen molar-refractivity contribution in [3.8, 4) is 5.75 Å². The van der Waals surface area contributed by atoms with E-state index in [4.69, 9.17) is 5.11 Å². The van der Waals surface area contributed by atoms with Gasteiger partial charge in [-0.2, -0.15) is 8.78 Å². The molecule has 0 saturated carbocycles. The second-order valence-corrected chi connectivity index (χ2v) is 5.56. The van der Waals surface area contributed by atoms with Crippen molar-refractivity contribution in [1.82, 2.24) is 0 Å². The summed E-state index contributed by atoms with van der Waals surface area (Å²) in [5.74, 6) is -1.40. The molecular weight excluding hydrogens is 340 g/mol. The summed E-state index contributed by atoms with van der Waals surface area (Å²) in [6, 6.07) is 11.9. The molecule has 0 radical (unpaired) electrons. The van der Waals surface area contributed by atoms with Gasteiger partial charge in [-0.25, -0.2) is 4.79 Å². The number of alkyl halides is 2. The molecule has 8 heteroatoms. The molecule has 0 spiro atoms. The Labute approximate surface area is 140 Å². The Balaban J connectivity index is 1.91. The zero-order valence-electron chi connectivity index (χ0n) is 12.2. The Bertz CT molecular complexity index is 722. The maximum Gasteiger partial charge on any atom is 0.387 e. The minimum Gasteiger partial charge on any atom is -0.478 e. The Hall–Kier alpha value is -2.61. The average Bonchev–Trinajstić information content (AvgIpc) is 2.54. The molecule has 0 aliphatic rings. The quantitative estimate of drug-likeness (QED) is 0.742. The van der Waals surface area contributed by atoms with Gasteiger partial charge in [0.1, 0.15) is 5.75 Å². The number of halogens is 2. The zero-order chi connectivity index (χ0) is 17.5. The van der Waals surface area contributed by atoms with Crippen LogP contribution >= 0.6 is 11.8 Å². The SMILES string of the molecule is O=C(CSc1ccccc1C(=O)O)Nc1ccc(OC(F)F)cc1. The smallest absolute Gasteiger partial charge is 0.387 e. The summed E-state index contributed by atoms with van der Waals surface area (Å²) in [5, 5.41) is 11.7. The maximum absolute atomic E-state index is 12.0. The molecular formula is C16H13F2NO4S. The number of ether oxygens (including phenoxy) is 1. The monoisotopic (exact) mass is 353 g/mol. The molecule has 2 aromatic carbocycles. The van der Waals surface area contributed by atoms with Crippen LogP contribution in [0.4, 0.5) is 14.5 Å². The summed E-state index contributed by atoms with van der Waals surface area (Å²) >= 11 is 1.10. The van der Waals surface area contributed by atoms with Crippen LogP contribution in [0.1, 0.15) is 10.4 Å². The van der Waals surface area contributed by atoms with Gasteiger partial charge in [-0.15, -0.1) is 11.8 Å². The number of benzene rings is 2. The van der Waals surface area contributed by atoms with Crippen molar-refractivity contribution in [2.75, 3.05) is 11.1 Å². The van der Waals surface area contributed by atoms with Gasteiger partial charge >= 0.3 is 12.6 Å². The van der Waals surface area contributed by atoms with Gasteiger partial charge in [0.05, 0.1) is 11.3 Å². The number of carboxylic acids is 1. The van der Waals surface area contributed by atoms with E-state index in [1.54, 1.807) is 18.2 Å². The predicted molar refractivity (Wildman–Crippen MR) is 85.8 cm³/mol. The van der Waals surface area contributed by atoms with Crippen LogP contribution in [0.5, 0.6) is 5.75 Å². The van der Waals surface area contributed by atoms with E-state index in [1.807, 2.05) is 0 Å². The summed E-state index contributed by atoms with van der Waals surface area (Å²) in [4.78, 5) is 23.5. The number of amides is 1. The van der Waals surface area contributed by atoms with Crippen molar-refractivity contribution >= 4 is 29.3 Å². The third kappa shape index (κ3) is 5.24. The van der Waals surface area contributed by atoms with Gasteiger partial charge in [-0.05, 0) is 36.4 Å². The number of nitrogens with one attached hydrogen (secondary N) is 1. The summed E-state index contributed by atoms with van der Waals surface area (Å²) in [5.41, 5.74) is 0.553. The van der Waals surface area contributed by atoms with Crippen molar-refractivity contribution in [3.05, 3.63) is 54.1 Å². The van der Waals surface area contributed by atoms with Crippen LogP contribution in [0.3, 0.4) is 0 Å². The lowest BCUT2D eigenvalue weighted by molar-refractivity contribution is -0.113. The van der Waals surface area contributed by atoms with Gasteiger partial charge in [0, 0.05) is 10.6 Å². The molecule has 2 rings (SSSR count). The van der Waals surface area contributed by atoms with Gasteiger partial charge < -0.3 is 15.2 Å². The number of anilines is 1. The van der Waals surface area contributed by atoms with Gasteiger partial charge in [0.25, 0.3) is 0 Å². The first-order valence-electron chi connectivity index (χ1n) is 6.75. The van der Waals surface area contributed by atoms with Gasteiger partial charge in [0.15, 0.2) is 0 Å². The molecule has 2 aromatic rings. The van der Waals surface area contributed by atoms with Crippen molar-refractivity contribution in [2.45, 2.75) is 11.5 Å². The fraction of sp³-hybridized carbons (Fsp3) is 0.125. The van der Waals surface area contributed by atoms with E-state index in [-0.39, 0.29) is 23.0 Å². The number of carboxylic acid groups (broad SMARTS) is 1. The number of carbonyl (C=O) groups excluding carboxylic acids is 1. The number of carbonyl (C=O) groups is 2. The van der Waals surface area contributed by atoms with Crippen molar-refractivity contribution in [3.63, 3.8) is 0 Å². The summed E-state index contributed by atoms with van der Waals surface area (Å²) in [6.07, 6.45) is 0. The molecule has 1 amide bonds. The fourth-order valence-electron chi connectivity index (χ4n) is 1.83. The Morgan fingerprint density at radius 1 is 1.12 bits per heavy atom. The standard InChI is InChI=1S/C16H13F2NO4S/c17-16(18)23-11-7-5-10(6-8-11)19-14(20)9-24-13-4-2-1-3-12(13)15(21)22/h1-8,16H,9H2,(H,19,20)(H,21,22). The number of rotatable bonds is 7. The van der Waals surface area contributed by atoms with Crippen LogP contribution < -0.4 is 10.1 Å². The van der Waals surface area contributed by atoms with Gasteiger partial charge in [-0.1, -0.05) is 12.1 Å². The first kappa shape index (κ1) is 17.7. The van der Waals surface area contributed by atoms with Gasteiger partial charge in [0.2, 0.25) is 5.91 Å². The maximum atomic E-state index is 12.0. The summed E-state index contributed by atoms with van der Waals surface area (Å²) in [7, 11) is 0. The molecule has 0 aromatic heterocycles. The molecule has 0 bridgehead atoms. The Kier molecular flexibility index (Phi) is 6.14. The van der Waals surface area contributed by atoms with E-state index >= 15 is 0 Å². The molecule has 0 atom stereocenters. The molecule has 2 N–H and O–H groups in total. The van der Waals surface area contributed by atoms with Crippen LogP contribution in [0, 0.1) is 0 Å². The molecule has 0 aliphatic carbocycles. The summed E-state index contributed by atoms with van der Waals surface area (Å²) < 4.78 is 28.3. The minimum absolute atomic E-state index is 0.00670. The number of thioether (sulfide) groups is 1. The van der Waals surface area contributed by atoms with Crippen molar-refractivity contribution < 1.29 is 28.2 Å². The minimum atomic E-state index is -2.91. The van der Waals surface area contributed by atoms with E-state index in [9.17, 15) is 18.4 Å². The third-order valence-electron chi connectivity index (χ3n) is 2.84. The van der Waals surface area contributed by atoms with Crippen LogP contribution in [0.25, 0.3) is 0 Å². The first-order chi connectivity index (χ1) is 11.5. The Morgan fingerprint density at radius 3 is 2.42 bits per heavy atom.